The van der Waals surface area contributed by atoms with Crippen molar-refractivity contribution >= 4 is 5.91 Å². The van der Waals surface area contributed by atoms with Crippen molar-refractivity contribution in [2.24, 2.45) is 0 Å². The second kappa shape index (κ2) is 9.00. The van der Waals surface area contributed by atoms with E-state index in [1.165, 1.54) is 0 Å². The summed E-state index contributed by atoms with van der Waals surface area (Å²) >= 11 is 0. The predicted molar refractivity (Wildman–Crippen MR) is 80.5 cm³/mol. The van der Waals surface area contributed by atoms with Gasteiger partial charge in [0.25, 0.3) is 5.91 Å². The van der Waals surface area contributed by atoms with Crippen molar-refractivity contribution in [2.75, 3.05) is 19.7 Å². The zero-order valence-electron chi connectivity index (χ0n) is 12.1. The highest BCUT2D eigenvalue weighted by Crippen LogP contribution is 2.26. The van der Waals surface area contributed by atoms with Crippen molar-refractivity contribution in [3.8, 4) is 18.1 Å². The number of carbonyl (C=O) groups excluding carboxylic acids is 1. The van der Waals surface area contributed by atoms with E-state index in [-0.39, 0.29) is 25.1 Å². The first kappa shape index (κ1) is 16.1. The standard InChI is InChI=1S/C16H22N2O2/c1-4-11-18-16(19)12-20-15-10-8-7-9-13(15)14(5-2)17-6-3/h1,7-10,14,17H,5-6,11-12H2,2-3H3,(H,18,19). The molecule has 1 amide bonds. The van der Waals surface area contributed by atoms with Gasteiger partial charge in [0.15, 0.2) is 6.61 Å². The van der Waals surface area contributed by atoms with Crippen LogP contribution in [0.25, 0.3) is 0 Å². The molecule has 20 heavy (non-hydrogen) atoms. The highest BCUT2D eigenvalue weighted by molar-refractivity contribution is 5.77. The summed E-state index contributed by atoms with van der Waals surface area (Å²) in [6, 6.07) is 8.00. The zero-order chi connectivity index (χ0) is 14.8. The second-order valence-corrected chi connectivity index (χ2v) is 4.33. The number of carbonyl (C=O) groups is 1. The van der Waals surface area contributed by atoms with E-state index in [1.54, 1.807) is 0 Å². The molecule has 0 saturated carbocycles. The lowest BCUT2D eigenvalue weighted by atomic mass is 10.0. The number of hydrogen-bond acceptors (Lipinski definition) is 3. The maximum atomic E-state index is 11.5. The van der Waals surface area contributed by atoms with Gasteiger partial charge in [-0.25, -0.2) is 0 Å². The third kappa shape index (κ3) is 4.94. The number of rotatable bonds is 8. The van der Waals surface area contributed by atoms with E-state index in [9.17, 15) is 4.79 Å². The summed E-state index contributed by atoms with van der Waals surface area (Å²) in [5, 5.41) is 5.98. The van der Waals surface area contributed by atoms with Crippen LogP contribution in [0, 0.1) is 12.3 Å². The van der Waals surface area contributed by atoms with Gasteiger partial charge in [-0.3, -0.25) is 4.79 Å². The van der Waals surface area contributed by atoms with Crippen molar-refractivity contribution < 1.29 is 9.53 Å². The summed E-state index contributed by atoms with van der Waals surface area (Å²) in [7, 11) is 0. The van der Waals surface area contributed by atoms with E-state index >= 15 is 0 Å². The molecule has 1 atom stereocenters. The lowest BCUT2D eigenvalue weighted by Gasteiger charge is -2.19. The van der Waals surface area contributed by atoms with Crippen LogP contribution in [-0.2, 0) is 4.79 Å². The van der Waals surface area contributed by atoms with Crippen molar-refractivity contribution in [3.63, 3.8) is 0 Å². The summed E-state index contributed by atoms with van der Waals surface area (Å²) in [4.78, 5) is 11.5. The van der Waals surface area contributed by atoms with Gasteiger partial charge in [0.05, 0.1) is 6.54 Å². The maximum absolute atomic E-state index is 11.5. The van der Waals surface area contributed by atoms with Crippen LogP contribution in [0.5, 0.6) is 5.75 Å². The van der Waals surface area contributed by atoms with E-state index in [0.717, 1.165) is 24.3 Å². The largest absolute Gasteiger partial charge is 0.483 e. The molecule has 0 aliphatic heterocycles. The van der Waals surface area contributed by atoms with Gasteiger partial charge < -0.3 is 15.4 Å². The normalized spacial score (nSPS) is 11.4. The van der Waals surface area contributed by atoms with Crippen LogP contribution < -0.4 is 15.4 Å². The molecule has 4 nitrogen and oxygen atoms in total. The molecule has 0 spiro atoms. The Morgan fingerprint density at radius 3 is 2.80 bits per heavy atom. The molecule has 1 aromatic rings. The Bertz CT molecular complexity index is 466. The van der Waals surface area contributed by atoms with Crippen LogP contribution in [0.4, 0.5) is 0 Å². The van der Waals surface area contributed by atoms with Gasteiger partial charge in [0.1, 0.15) is 5.75 Å². The number of benzene rings is 1. The lowest BCUT2D eigenvalue weighted by molar-refractivity contribution is -0.122. The molecule has 0 saturated heterocycles. The number of terminal acetylenes is 1. The van der Waals surface area contributed by atoms with Crippen molar-refractivity contribution in [1.82, 2.24) is 10.6 Å². The summed E-state index contributed by atoms with van der Waals surface area (Å²) < 4.78 is 5.60. The quantitative estimate of drug-likeness (QED) is 0.712. The fourth-order valence-corrected chi connectivity index (χ4v) is 1.96. The number of hydrogen-bond donors (Lipinski definition) is 2. The van der Waals surface area contributed by atoms with Crippen LogP contribution in [0.2, 0.25) is 0 Å². The first-order chi connectivity index (χ1) is 9.72. The van der Waals surface area contributed by atoms with E-state index in [0.29, 0.717) is 0 Å². The Kier molecular flexibility index (Phi) is 7.23. The Morgan fingerprint density at radius 1 is 1.40 bits per heavy atom. The Balaban J connectivity index is 2.70. The van der Waals surface area contributed by atoms with Gasteiger partial charge in [0.2, 0.25) is 0 Å². The first-order valence-electron chi connectivity index (χ1n) is 6.88. The smallest absolute Gasteiger partial charge is 0.258 e. The lowest BCUT2D eigenvalue weighted by Crippen LogP contribution is -2.29. The molecule has 0 radical (unpaired) electrons. The number of nitrogens with one attached hydrogen (secondary N) is 2. The van der Waals surface area contributed by atoms with Crippen LogP contribution in [0.15, 0.2) is 24.3 Å². The van der Waals surface area contributed by atoms with Gasteiger partial charge in [-0.05, 0) is 19.0 Å². The van der Waals surface area contributed by atoms with Crippen molar-refractivity contribution in [3.05, 3.63) is 29.8 Å². The summed E-state index contributed by atoms with van der Waals surface area (Å²) in [6.07, 6.45) is 6.04. The molecule has 0 aromatic heterocycles. The molecule has 4 heteroatoms. The van der Waals surface area contributed by atoms with Crippen LogP contribution in [0.1, 0.15) is 31.9 Å². The van der Waals surface area contributed by atoms with E-state index in [2.05, 4.69) is 30.4 Å². The molecule has 1 aromatic carbocycles. The van der Waals surface area contributed by atoms with E-state index in [4.69, 9.17) is 11.2 Å². The van der Waals surface area contributed by atoms with Crippen LogP contribution >= 0.6 is 0 Å². The van der Waals surface area contributed by atoms with Crippen molar-refractivity contribution in [2.45, 2.75) is 26.3 Å². The number of amides is 1. The molecule has 0 heterocycles. The van der Waals surface area contributed by atoms with Gasteiger partial charge >= 0.3 is 0 Å². The van der Waals surface area contributed by atoms with Crippen LogP contribution in [-0.4, -0.2) is 25.6 Å². The average Bonchev–Trinajstić information content (AvgIpc) is 2.49. The van der Waals surface area contributed by atoms with Gasteiger partial charge in [-0.15, -0.1) is 6.42 Å². The summed E-state index contributed by atoms with van der Waals surface area (Å²) in [6.45, 7) is 5.26. The summed E-state index contributed by atoms with van der Waals surface area (Å²) in [5.41, 5.74) is 1.07. The monoisotopic (exact) mass is 274 g/mol. The van der Waals surface area contributed by atoms with E-state index in [1.807, 2.05) is 24.3 Å². The van der Waals surface area contributed by atoms with E-state index < -0.39 is 0 Å². The SMILES string of the molecule is C#CCNC(=O)COc1ccccc1C(CC)NCC. The molecule has 108 valence electrons. The molecule has 1 unspecified atom stereocenters. The predicted octanol–water partition coefficient (Wildman–Crippen LogP) is 1.88. The minimum absolute atomic E-state index is 0.0265. The average molecular weight is 274 g/mol. The molecular weight excluding hydrogens is 252 g/mol. The minimum atomic E-state index is -0.214. The third-order valence-corrected chi connectivity index (χ3v) is 2.90. The Labute approximate surface area is 120 Å². The molecular formula is C16H22N2O2. The van der Waals surface area contributed by atoms with Gasteiger partial charge in [0, 0.05) is 11.6 Å². The maximum Gasteiger partial charge on any atom is 0.258 e. The molecule has 0 bridgehead atoms. The molecule has 0 fully saturated rings. The second-order valence-electron chi connectivity index (χ2n) is 4.33. The topological polar surface area (TPSA) is 50.4 Å². The van der Waals surface area contributed by atoms with Gasteiger partial charge in [-0.1, -0.05) is 38.0 Å². The molecule has 0 aliphatic carbocycles. The summed E-state index contributed by atoms with van der Waals surface area (Å²) in [5.74, 6) is 2.87. The fourth-order valence-electron chi connectivity index (χ4n) is 1.96. The van der Waals surface area contributed by atoms with Crippen molar-refractivity contribution in [1.29, 1.82) is 0 Å². The Hall–Kier alpha value is -1.99. The zero-order valence-corrected chi connectivity index (χ0v) is 12.1. The van der Waals surface area contributed by atoms with Gasteiger partial charge in [-0.2, -0.15) is 0 Å². The number of para-hydroxylation sites is 1. The molecule has 2 N–H and O–H groups in total. The number of ether oxygens (including phenoxy) is 1. The highest BCUT2D eigenvalue weighted by atomic mass is 16.5. The highest BCUT2D eigenvalue weighted by Gasteiger charge is 2.13. The third-order valence-electron chi connectivity index (χ3n) is 2.90. The minimum Gasteiger partial charge on any atom is -0.483 e. The fraction of sp³-hybridized carbons (Fsp3) is 0.438. The molecule has 0 aliphatic rings. The Morgan fingerprint density at radius 2 is 2.15 bits per heavy atom. The van der Waals surface area contributed by atoms with Crippen LogP contribution in [0.3, 0.4) is 0 Å². The molecule has 1 rings (SSSR count). The first-order valence-corrected chi connectivity index (χ1v) is 6.88.